The number of para-hydroxylation sites is 4. The van der Waals surface area contributed by atoms with Crippen LogP contribution in [-0.2, 0) is 0 Å². The van der Waals surface area contributed by atoms with Gasteiger partial charge in [-0.3, -0.25) is 0 Å². The highest BCUT2D eigenvalue weighted by molar-refractivity contribution is 6.20. The van der Waals surface area contributed by atoms with Gasteiger partial charge in [-0.25, -0.2) is 0 Å². The molecule has 626 valence electrons. The van der Waals surface area contributed by atoms with Crippen molar-refractivity contribution in [3.63, 3.8) is 0 Å². The highest BCUT2D eigenvalue weighted by atomic mass is 15.2. The fourth-order valence-electron chi connectivity index (χ4n) is 20.9. The Balaban J connectivity index is 0.605. The number of fused-ring (bicyclic) bond motifs is 11. The summed E-state index contributed by atoms with van der Waals surface area (Å²) < 4.78 is 5.00. The van der Waals surface area contributed by atoms with E-state index in [4.69, 9.17) is 0 Å². The van der Waals surface area contributed by atoms with Gasteiger partial charge in [0.15, 0.2) is 0 Å². The zero-order valence-electron chi connectivity index (χ0n) is 73.4. The van der Waals surface area contributed by atoms with Crippen LogP contribution >= 0.6 is 0 Å². The predicted molar refractivity (Wildman–Crippen MR) is 569 cm³/mol. The van der Waals surface area contributed by atoms with Gasteiger partial charge in [-0.05, 0) is 254 Å². The van der Waals surface area contributed by atoms with Gasteiger partial charge < -0.3 is 18.9 Å². The molecule has 0 radical (unpaired) electrons. The van der Waals surface area contributed by atoms with Gasteiger partial charge in [0.05, 0.1) is 39.1 Å². The average molecular weight is 1700 g/mol. The van der Waals surface area contributed by atoms with E-state index >= 15 is 0 Å². The maximum absolute atomic E-state index is 2.50. The van der Waals surface area contributed by atoms with Crippen LogP contribution < -0.4 is 9.80 Å². The normalized spacial score (nSPS) is 11.6. The van der Waals surface area contributed by atoms with Gasteiger partial charge in [0.25, 0.3) is 0 Å². The summed E-state index contributed by atoms with van der Waals surface area (Å²) in [4.78, 5) is 4.90. The summed E-state index contributed by atoms with van der Waals surface area (Å²) in [6.07, 6.45) is 0. The SMILES string of the molecule is c1ccc(-c2ccc(N(c3ccc(-c4ccccc4)c(-c4cccc5c(-c6ccc7cc8c9ccccc9n(-c9ccccc9-c9ccc(N(c%10cccc(-c%11ccccc%11)c%10)c%10ccc(-c%11ccc%12ccccc%12c%11)c(-c%11ccccc%11)c%10)cc9)c8cc7c6)cccc45)c3)c3ccc(-c4ccccc4-n4c5ccccc5c5ccc6ccccc6c54)cc3-c3ccccc3)cc2)cc1. The van der Waals surface area contributed by atoms with Gasteiger partial charge in [-0.15, -0.1) is 0 Å². The van der Waals surface area contributed by atoms with Crippen LogP contribution in [-0.4, -0.2) is 9.13 Å². The van der Waals surface area contributed by atoms with Crippen LogP contribution in [0.25, 0.3) is 209 Å². The molecule has 0 fully saturated rings. The molecule has 0 aliphatic heterocycles. The van der Waals surface area contributed by atoms with Crippen LogP contribution in [0.3, 0.4) is 0 Å². The second-order valence-corrected chi connectivity index (χ2v) is 35.0. The third kappa shape index (κ3) is 14.0. The first-order chi connectivity index (χ1) is 66.5. The highest BCUT2D eigenvalue weighted by Crippen LogP contribution is 2.51. The Morgan fingerprint density at radius 2 is 0.530 bits per heavy atom. The van der Waals surface area contributed by atoms with Crippen LogP contribution in [0.4, 0.5) is 34.1 Å². The quantitative estimate of drug-likeness (QED) is 0.0851. The molecule has 0 amide bonds. The van der Waals surface area contributed by atoms with Crippen LogP contribution in [0.1, 0.15) is 0 Å². The van der Waals surface area contributed by atoms with Gasteiger partial charge >= 0.3 is 0 Å². The van der Waals surface area contributed by atoms with Crippen molar-refractivity contribution in [3.05, 3.63) is 522 Å². The minimum atomic E-state index is 1.03. The smallest absolute Gasteiger partial charge is 0.0619 e. The first-order valence-electron chi connectivity index (χ1n) is 46.2. The molecule has 0 aliphatic rings. The second kappa shape index (κ2) is 33.4. The summed E-state index contributed by atoms with van der Waals surface area (Å²) >= 11 is 0. The molecule has 134 heavy (non-hydrogen) atoms. The van der Waals surface area contributed by atoms with E-state index in [-0.39, 0.29) is 0 Å². The first-order valence-corrected chi connectivity index (χ1v) is 46.2. The number of rotatable bonds is 18. The molecule has 23 aromatic carbocycles. The molecular formula is C130H86N4. The van der Waals surface area contributed by atoms with Crippen LogP contribution in [0.15, 0.2) is 522 Å². The molecule has 0 aliphatic carbocycles. The van der Waals surface area contributed by atoms with Gasteiger partial charge in [0, 0.05) is 72.1 Å². The Labute approximate surface area is 778 Å². The molecule has 0 N–H and O–H groups in total. The lowest BCUT2D eigenvalue weighted by Gasteiger charge is -2.30. The van der Waals surface area contributed by atoms with E-state index in [1.807, 2.05) is 0 Å². The summed E-state index contributed by atoms with van der Waals surface area (Å²) in [5.74, 6) is 0. The summed E-state index contributed by atoms with van der Waals surface area (Å²) in [6, 6.07) is 193. The van der Waals surface area contributed by atoms with E-state index in [2.05, 4.69) is 541 Å². The fraction of sp³-hybridized carbons (Fsp3) is 0. The maximum atomic E-state index is 2.50. The van der Waals surface area contributed by atoms with E-state index < -0.39 is 0 Å². The van der Waals surface area contributed by atoms with E-state index in [0.717, 1.165) is 156 Å². The Morgan fingerprint density at radius 3 is 1.22 bits per heavy atom. The van der Waals surface area contributed by atoms with Crippen LogP contribution in [0.2, 0.25) is 0 Å². The third-order valence-corrected chi connectivity index (χ3v) is 27.3. The van der Waals surface area contributed by atoms with E-state index in [1.54, 1.807) is 0 Å². The topological polar surface area (TPSA) is 16.3 Å². The molecule has 0 spiro atoms. The summed E-state index contributed by atoms with van der Waals surface area (Å²) in [5, 5.41) is 14.4. The van der Waals surface area contributed by atoms with Crippen molar-refractivity contribution in [1.29, 1.82) is 0 Å². The van der Waals surface area contributed by atoms with E-state index in [0.29, 0.717) is 0 Å². The Morgan fingerprint density at radius 1 is 0.134 bits per heavy atom. The zero-order valence-corrected chi connectivity index (χ0v) is 73.4. The van der Waals surface area contributed by atoms with Crippen LogP contribution in [0, 0.1) is 0 Å². The minimum absolute atomic E-state index is 1.03. The number of nitrogens with zero attached hydrogens (tertiary/aromatic N) is 4. The van der Waals surface area contributed by atoms with E-state index in [1.165, 1.54) is 87.1 Å². The predicted octanol–water partition coefficient (Wildman–Crippen LogP) is 36.1. The summed E-state index contributed by atoms with van der Waals surface area (Å²) in [6.45, 7) is 0. The molecule has 25 aromatic rings. The molecule has 0 atom stereocenters. The number of anilines is 6. The molecule has 2 aromatic heterocycles. The maximum Gasteiger partial charge on any atom is 0.0619 e. The molecule has 0 unspecified atom stereocenters. The van der Waals surface area contributed by atoms with Crippen LogP contribution in [0.5, 0.6) is 0 Å². The molecule has 4 nitrogen and oxygen atoms in total. The summed E-state index contributed by atoms with van der Waals surface area (Å²) in [7, 11) is 0. The van der Waals surface area contributed by atoms with Crippen molar-refractivity contribution in [1.82, 2.24) is 9.13 Å². The molecule has 0 saturated heterocycles. The lowest BCUT2D eigenvalue weighted by atomic mass is 9.88. The van der Waals surface area contributed by atoms with E-state index in [9.17, 15) is 0 Å². The summed E-state index contributed by atoms with van der Waals surface area (Å²) in [5.41, 5.74) is 36.0. The number of hydrogen-bond donors (Lipinski definition) is 0. The number of benzene rings is 23. The zero-order chi connectivity index (χ0) is 88.5. The van der Waals surface area contributed by atoms with Gasteiger partial charge in [0.2, 0.25) is 0 Å². The highest BCUT2D eigenvalue weighted by Gasteiger charge is 2.27. The Hall–Kier alpha value is -17.7. The molecule has 4 heteroatoms. The lowest BCUT2D eigenvalue weighted by molar-refractivity contribution is 1.18. The fourth-order valence-corrected chi connectivity index (χ4v) is 20.9. The standard InChI is InChI=1S/C130H86N4/c1-6-31-87(32-7-1)90-63-69-104(70-64-90)132(128-78-68-101(83-121(128)93-40-14-5-15-41-93)112-47-21-25-56-125(112)134-127-58-27-22-49-117(127)119-75-67-94-42-18-19-48-113(94)130(119)134)107-74-76-109(91-36-10-3-11-37-91)122(86-107)116-54-30-52-114-108(51-29-53-115(114)116)100-62-60-98-82-123-118-50-23-26-57-126(118)133(129(123)84-102(98)80-100)124-55-24-20-46-111(124)95-65-71-103(72-66-95)131(105-45-28-44-97(81-105)88-33-8-2-9-34-88)106-73-77-110(120(85-106)92-38-12-4-13-39-92)99-61-59-89-35-16-17-43-96(89)79-99/h1-86H. The molecule has 0 bridgehead atoms. The van der Waals surface area contributed by atoms with Crippen molar-refractivity contribution >= 4 is 121 Å². The van der Waals surface area contributed by atoms with Crippen molar-refractivity contribution < 1.29 is 0 Å². The molecular weight excluding hydrogens is 1620 g/mol. The van der Waals surface area contributed by atoms with Gasteiger partial charge in [-0.2, -0.15) is 0 Å². The van der Waals surface area contributed by atoms with Gasteiger partial charge in [0.1, 0.15) is 0 Å². The largest absolute Gasteiger partial charge is 0.310 e. The first kappa shape index (κ1) is 78.5. The lowest BCUT2D eigenvalue weighted by Crippen LogP contribution is -2.12. The molecule has 0 saturated carbocycles. The van der Waals surface area contributed by atoms with Crippen molar-refractivity contribution in [3.8, 4) is 123 Å². The van der Waals surface area contributed by atoms with Crippen molar-refractivity contribution in [2.45, 2.75) is 0 Å². The number of hydrogen-bond acceptors (Lipinski definition) is 2. The second-order valence-electron chi connectivity index (χ2n) is 35.0. The average Bonchev–Trinajstić information content (AvgIpc) is 1.56. The molecule has 2 heterocycles. The Kier molecular flexibility index (Phi) is 19.6. The molecule has 25 rings (SSSR count). The number of aromatic nitrogens is 2. The monoisotopic (exact) mass is 1700 g/mol. The minimum Gasteiger partial charge on any atom is -0.310 e. The van der Waals surface area contributed by atoms with Crippen molar-refractivity contribution in [2.24, 2.45) is 0 Å². The third-order valence-electron chi connectivity index (χ3n) is 27.3. The van der Waals surface area contributed by atoms with Gasteiger partial charge in [-0.1, -0.05) is 400 Å². The van der Waals surface area contributed by atoms with Crippen molar-refractivity contribution in [2.75, 3.05) is 9.80 Å². The Bertz CT molecular complexity index is 8840.